The van der Waals surface area contributed by atoms with Crippen molar-refractivity contribution in [1.29, 1.82) is 0 Å². The third-order valence-corrected chi connectivity index (χ3v) is 7.92. The molecule has 0 bridgehead atoms. The summed E-state index contributed by atoms with van der Waals surface area (Å²) in [5.41, 5.74) is 2.27. The number of carbonyl (C=O) groups is 3. The van der Waals surface area contributed by atoms with Crippen molar-refractivity contribution in [2.75, 3.05) is 17.2 Å². The molecule has 1 aliphatic rings. The Labute approximate surface area is 229 Å². The number of benzene rings is 2. The van der Waals surface area contributed by atoms with Gasteiger partial charge in [0.1, 0.15) is 5.75 Å². The molecule has 0 saturated heterocycles. The number of aromatic nitrogens is 1. The normalized spacial score (nSPS) is 17.4. The number of carbonyl (C=O) groups excluding carboxylic acids is 2. The summed E-state index contributed by atoms with van der Waals surface area (Å²) in [6, 6.07) is 14.8. The monoisotopic (exact) mass is 551 g/mol. The molecule has 1 aliphatic carbocycles. The van der Waals surface area contributed by atoms with Gasteiger partial charge in [0.05, 0.1) is 29.4 Å². The molecule has 3 atom stereocenters. The van der Waals surface area contributed by atoms with Crippen LogP contribution >= 0.6 is 23.1 Å². The van der Waals surface area contributed by atoms with Gasteiger partial charge >= 0.3 is 5.97 Å². The van der Waals surface area contributed by atoms with Gasteiger partial charge in [-0.3, -0.25) is 14.4 Å². The summed E-state index contributed by atoms with van der Waals surface area (Å²) < 4.78 is 5.47. The van der Waals surface area contributed by atoms with Crippen LogP contribution in [0.15, 0.2) is 71.0 Å². The molecule has 3 aromatic rings. The van der Waals surface area contributed by atoms with E-state index in [1.54, 1.807) is 31.2 Å². The molecule has 0 aliphatic heterocycles. The van der Waals surface area contributed by atoms with Crippen LogP contribution in [0.2, 0.25) is 0 Å². The lowest BCUT2D eigenvalue weighted by Crippen LogP contribution is -2.34. The number of amides is 2. The van der Waals surface area contributed by atoms with Crippen LogP contribution in [0, 0.1) is 11.8 Å². The SMILES string of the molecule is CCOc1ccc(-c2csc(NC(=O)C(C)Sc3cccc(NC(=O)C4CC=CCC4C(=O)O)c3)n2)cc1. The highest BCUT2D eigenvalue weighted by Gasteiger charge is 2.34. The third kappa shape index (κ3) is 7.02. The number of ether oxygens (including phenoxy) is 1. The van der Waals surface area contributed by atoms with E-state index in [1.807, 2.05) is 48.7 Å². The molecule has 0 saturated carbocycles. The molecule has 38 heavy (non-hydrogen) atoms. The van der Waals surface area contributed by atoms with Crippen molar-refractivity contribution in [1.82, 2.24) is 4.98 Å². The predicted octanol–water partition coefficient (Wildman–Crippen LogP) is 5.93. The van der Waals surface area contributed by atoms with Gasteiger partial charge in [0, 0.05) is 21.5 Å². The summed E-state index contributed by atoms with van der Waals surface area (Å²) >= 11 is 2.72. The summed E-state index contributed by atoms with van der Waals surface area (Å²) in [5.74, 6) is -2.03. The second kappa shape index (κ2) is 12.7. The number of hydrogen-bond donors (Lipinski definition) is 3. The molecule has 10 heteroatoms. The number of allylic oxidation sites excluding steroid dienone is 2. The highest BCUT2D eigenvalue weighted by Crippen LogP contribution is 2.31. The van der Waals surface area contributed by atoms with Gasteiger partial charge in [0.2, 0.25) is 11.8 Å². The summed E-state index contributed by atoms with van der Waals surface area (Å²) in [6.45, 7) is 4.34. The maximum absolute atomic E-state index is 12.8. The molecule has 0 spiro atoms. The number of rotatable bonds is 10. The second-order valence-electron chi connectivity index (χ2n) is 8.76. The molecule has 8 nitrogen and oxygen atoms in total. The molecule has 198 valence electrons. The van der Waals surface area contributed by atoms with E-state index in [1.165, 1.54) is 23.1 Å². The maximum atomic E-state index is 12.8. The van der Waals surface area contributed by atoms with E-state index >= 15 is 0 Å². The number of carboxylic acids is 1. The average Bonchev–Trinajstić information content (AvgIpc) is 3.38. The van der Waals surface area contributed by atoms with Gasteiger partial charge in [-0.25, -0.2) is 4.98 Å². The maximum Gasteiger partial charge on any atom is 0.307 e. The zero-order valence-corrected chi connectivity index (χ0v) is 22.7. The van der Waals surface area contributed by atoms with Gasteiger partial charge in [0.25, 0.3) is 0 Å². The van der Waals surface area contributed by atoms with E-state index in [9.17, 15) is 19.5 Å². The molecular weight excluding hydrogens is 522 g/mol. The molecule has 3 N–H and O–H groups in total. The van der Waals surface area contributed by atoms with Crippen LogP contribution in [0.4, 0.5) is 10.8 Å². The minimum Gasteiger partial charge on any atom is -0.494 e. The first-order chi connectivity index (χ1) is 18.3. The van der Waals surface area contributed by atoms with E-state index in [4.69, 9.17) is 4.74 Å². The van der Waals surface area contributed by atoms with E-state index in [0.717, 1.165) is 21.9 Å². The molecule has 0 fully saturated rings. The van der Waals surface area contributed by atoms with E-state index < -0.39 is 23.1 Å². The summed E-state index contributed by atoms with van der Waals surface area (Å²) in [5, 5.41) is 17.2. The lowest BCUT2D eigenvalue weighted by Gasteiger charge is -2.24. The first-order valence-electron chi connectivity index (χ1n) is 12.3. The van der Waals surface area contributed by atoms with Crippen molar-refractivity contribution in [3.63, 3.8) is 0 Å². The summed E-state index contributed by atoms with van der Waals surface area (Å²) in [7, 11) is 0. The minimum atomic E-state index is -0.967. The van der Waals surface area contributed by atoms with Crippen molar-refractivity contribution < 1.29 is 24.2 Å². The van der Waals surface area contributed by atoms with Crippen LogP contribution in [-0.2, 0) is 14.4 Å². The van der Waals surface area contributed by atoms with Crippen LogP contribution in [0.5, 0.6) is 5.75 Å². The highest BCUT2D eigenvalue weighted by atomic mass is 32.2. The van der Waals surface area contributed by atoms with Gasteiger partial charge < -0.3 is 20.5 Å². The minimum absolute atomic E-state index is 0.185. The zero-order valence-electron chi connectivity index (χ0n) is 21.0. The van der Waals surface area contributed by atoms with Crippen LogP contribution in [-0.4, -0.2) is 39.7 Å². The van der Waals surface area contributed by atoms with Crippen molar-refractivity contribution >= 4 is 51.7 Å². The van der Waals surface area contributed by atoms with E-state index in [0.29, 0.717) is 30.3 Å². The Kier molecular flexibility index (Phi) is 9.19. The smallest absolute Gasteiger partial charge is 0.307 e. The molecule has 2 aromatic carbocycles. The predicted molar refractivity (Wildman–Crippen MR) is 151 cm³/mol. The highest BCUT2D eigenvalue weighted by molar-refractivity contribution is 8.00. The topological polar surface area (TPSA) is 118 Å². The largest absolute Gasteiger partial charge is 0.494 e. The molecule has 1 aromatic heterocycles. The summed E-state index contributed by atoms with van der Waals surface area (Å²) in [4.78, 5) is 42.5. The molecular formula is C28H29N3O5S2. The number of hydrogen-bond acceptors (Lipinski definition) is 7. The van der Waals surface area contributed by atoms with Crippen LogP contribution in [0.1, 0.15) is 26.7 Å². The number of anilines is 2. The third-order valence-electron chi connectivity index (χ3n) is 6.07. The number of nitrogens with zero attached hydrogens (tertiary/aromatic N) is 1. The number of aliphatic carboxylic acids is 1. The number of thioether (sulfide) groups is 1. The first-order valence-corrected chi connectivity index (χ1v) is 14.0. The average molecular weight is 552 g/mol. The van der Waals surface area contributed by atoms with Gasteiger partial charge in [-0.1, -0.05) is 18.2 Å². The fourth-order valence-electron chi connectivity index (χ4n) is 4.08. The molecule has 4 rings (SSSR count). The Balaban J connectivity index is 1.33. The van der Waals surface area contributed by atoms with E-state index in [2.05, 4.69) is 15.6 Å². The molecule has 1 heterocycles. The lowest BCUT2D eigenvalue weighted by molar-refractivity contribution is -0.146. The quantitative estimate of drug-likeness (QED) is 0.211. The van der Waals surface area contributed by atoms with Gasteiger partial charge in [-0.05, 0) is 69.2 Å². The Hall–Kier alpha value is -3.63. The standard InChI is InChI=1S/C28H29N3O5S2/c1-3-36-20-13-11-18(12-14-20)24-16-37-28(30-24)31-25(32)17(2)38-21-8-6-7-19(15-21)29-26(33)22-9-4-5-10-23(22)27(34)35/h4-8,11-17,22-23H,3,9-10H2,1-2H3,(H,29,33)(H,34,35)(H,30,31,32). The van der Waals surface area contributed by atoms with Crippen LogP contribution < -0.4 is 15.4 Å². The second-order valence-corrected chi connectivity index (χ2v) is 11.0. The zero-order chi connectivity index (χ0) is 27.1. The lowest BCUT2D eigenvalue weighted by atomic mass is 9.82. The van der Waals surface area contributed by atoms with Crippen molar-refractivity contribution in [2.24, 2.45) is 11.8 Å². The van der Waals surface area contributed by atoms with Crippen molar-refractivity contribution in [3.05, 3.63) is 66.1 Å². The Morgan fingerprint density at radius 3 is 2.55 bits per heavy atom. The number of thiazole rings is 1. The first kappa shape index (κ1) is 27.4. The Morgan fingerprint density at radius 1 is 1.11 bits per heavy atom. The Bertz CT molecular complexity index is 1320. The molecule has 0 radical (unpaired) electrons. The number of nitrogens with one attached hydrogen (secondary N) is 2. The van der Waals surface area contributed by atoms with Gasteiger partial charge in [-0.2, -0.15) is 0 Å². The number of carboxylic acid groups (broad SMARTS) is 1. The fourth-order valence-corrected chi connectivity index (χ4v) is 5.72. The van der Waals surface area contributed by atoms with E-state index in [-0.39, 0.29) is 11.8 Å². The summed E-state index contributed by atoms with van der Waals surface area (Å²) in [6.07, 6.45) is 4.39. The fraction of sp³-hybridized carbons (Fsp3) is 0.286. The Morgan fingerprint density at radius 2 is 1.84 bits per heavy atom. The van der Waals surface area contributed by atoms with Crippen molar-refractivity contribution in [3.8, 4) is 17.0 Å². The van der Waals surface area contributed by atoms with Gasteiger partial charge in [0.15, 0.2) is 5.13 Å². The van der Waals surface area contributed by atoms with Crippen LogP contribution in [0.25, 0.3) is 11.3 Å². The van der Waals surface area contributed by atoms with Crippen molar-refractivity contribution in [2.45, 2.75) is 36.8 Å². The molecule has 3 unspecified atom stereocenters. The molecule has 2 amide bonds. The van der Waals surface area contributed by atoms with Crippen LogP contribution in [0.3, 0.4) is 0 Å². The van der Waals surface area contributed by atoms with Gasteiger partial charge in [-0.15, -0.1) is 23.1 Å².